The Hall–Kier alpha value is -1.09. The van der Waals surface area contributed by atoms with Crippen molar-refractivity contribution < 1.29 is 4.79 Å². The number of carbonyl (C=O) groups is 1. The van der Waals surface area contributed by atoms with E-state index in [1.807, 2.05) is 36.1 Å². The zero-order valence-electron chi connectivity index (χ0n) is 9.24. The maximum Gasteiger partial charge on any atom is 0.227 e. The number of hydrogen-bond donors (Lipinski definition) is 0. The van der Waals surface area contributed by atoms with Crippen LogP contribution in [-0.4, -0.2) is 12.5 Å². The number of carbonyl (C=O) groups excluding carboxylic acids is 1. The van der Waals surface area contributed by atoms with Crippen molar-refractivity contribution in [1.29, 1.82) is 0 Å². The Kier molecular flexibility index (Phi) is 3.15. The van der Waals surface area contributed by atoms with Gasteiger partial charge in [-0.2, -0.15) is 0 Å². The Morgan fingerprint density at radius 2 is 2.31 bits per heavy atom. The number of benzene rings is 1. The molecular formula is C13H14BrNO. The monoisotopic (exact) mass is 279 g/mol. The molecule has 1 aromatic rings. The summed E-state index contributed by atoms with van der Waals surface area (Å²) >= 11 is 3.43. The maximum atomic E-state index is 11.8. The summed E-state index contributed by atoms with van der Waals surface area (Å²) in [6.07, 6.45) is 2.45. The fourth-order valence-electron chi connectivity index (χ4n) is 2.05. The zero-order valence-corrected chi connectivity index (χ0v) is 10.8. The lowest BCUT2D eigenvalue weighted by Crippen LogP contribution is -2.25. The third kappa shape index (κ3) is 2.05. The van der Waals surface area contributed by atoms with Crippen LogP contribution in [0.3, 0.4) is 0 Å². The molecule has 1 heterocycles. The van der Waals surface area contributed by atoms with Crippen LogP contribution in [0.15, 0.2) is 35.3 Å². The van der Waals surface area contributed by atoms with Crippen molar-refractivity contribution >= 4 is 27.5 Å². The van der Waals surface area contributed by atoms with Crippen molar-refractivity contribution in [2.24, 2.45) is 5.92 Å². The fraction of sp³-hybridized carbons (Fsp3) is 0.308. The molecule has 1 aliphatic rings. The van der Waals surface area contributed by atoms with Gasteiger partial charge in [0.2, 0.25) is 5.91 Å². The van der Waals surface area contributed by atoms with Gasteiger partial charge in [-0.25, -0.2) is 0 Å². The van der Waals surface area contributed by atoms with E-state index in [0.29, 0.717) is 6.42 Å². The van der Waals surface area contributed by atoms with E-state index in [4.69, 9.17) is 0 Å². The highest BCUT2D eigenvalue weighted by atomic mass is 79.9. The van der Waals surface area contributed by atoms with Crippen molar-refractivity contribution in [3.63, 3.8) is 0 Å². The summed E-state index contributed by atoms with van der Waals surface area (Å²) in [5.41, 5.74) is 2.13. The van der Waals surface area contributed by atoms with Crippen LogP contribution >= 0.6 is 15.9 Å². The topological polar surface area (TPSA) is 20.3 Å². The quantitative estimate of drug-likeness (QED) is 0.761. The normalized spacial score (nSPS) is 20.2. The molecule has 0 aliphatic carbocycles. The van der Waals surface area contributed by atoms with Gasteiger partial charge in [0.1, 0.15) is 0 Å². The van der Waals surface area contributed by atoms with E-state index in [1.54, 1.807) is 0 Å². The minimum Gasteiger partial charge on any atom is -0.312 e. The van der Waals surface area contributed by atoms with Crippen LogP contribution in [0.25, 0.3) is 0 Å². The second kappa shape index (κ2) is 4.42. The molecule has 0 N–H and O–H groups in total. The Morgan fingerprint density at radius 1 is 1.56 bits per heavy atom. The van der Waals surface area contributed by atoms with Crippen molar-refractivity contribution in [3.05, 3.63) is 40.9 Å². The summed E-state index contributed by atoms with van der Waals surface area (Å²) in [4.78, 5) is 13.7. The molecule has 1 fully saturated rings. The highest BCUT2D eigenvalue weighted by Gasteiger charge is 2.29. The second-order valence-corrected chi connectivity index (χ2v) is 5.05. The summed E-state index contributed by atoms with van der Waals surface area (Å²) in [5, 5.41) is 0. The predicted octanol–water partition coefficient (Wildman–Crippen LogP) is 3.30. The first-order valence-corrected chi connectivity index (χ1v) is 6.10. The highest BCUT2D eigenvalue weighted by Crippen LogP contribution is 2.29. The number of aryl methyl sites for hydroxylation is 1. The van der Waals surface area contributed by atoms with Crippen molar-refractivity contribution in [3.8, 4) is 0 Å². The second-order valence-electron chi connectivity index (χ2n) is 4.14. The summed E-state index contributed by atoms with van der Waals surface area (Å²) in [7, 11) is 0. The molecular weight excluding hydrogens is 266 g/mol. The number of halogens is 1. The van der Waals surface area contributed by atoms with Gasteiger partial charge in [0.15, 0.2) is 0 Å². The molecule has 3 heteroatoms. The minimum absolute atomic E-state index is 0.190. The third-order valence-electron chi connectivity index (χ3n) is 2.94. The van der Waals surface area contributed by atoms with Crippen LogP contribution in [0.4, 0.5) is 5.69 Å². The molecule has 16 heavy (non-hydrogen) atoms. The largest absolute Gasteiger partial charge is 0.312 e. The first-order chi connectivity index (χ1) is 7.61. The van der Waals surface area contributed by atoms with Gasteiger partial charge < -0.3 is 4.90 Å². The molecule has 0 radical (unpaired) electrons. The van der Waals surface area contributed by atoms with Gasteiger partial charge in [-0.15, -0.1) is 6.58 Å². The fourth-order valence-corrected chi connectivity index (χ4v) is 2.52. The molecule has 1 aliphatic heterocycles. The standard InChI is InChI=1S/C13H14BrNO/c1-3-10-7-13(16)15(8-10)12-5-4-11(14)6-9(12)2/h3-6,10H,1,7-8H2,2H3. The van der Waals surface area contributed by atoms with E-state index < -0.39 is 0 Å². The van der Waals surface area contributed by atoms with Crippen LogP contribution in [0, 0.1) is 12.8 Å². The maximum absolute atomic E-state index is 11.8. The van der Waals surface area contributed by atoms with Crippen LogP contribution in [0.5, 0.6) is 0 Å². The van der Waals surface area contributed by atoms with Crippen LogP contribution in [0.1, 0.15) is 12.0 Å². The lowest BCUT2D eigenvalue weighted by atomic mass is 10.1. The zero-order chi connectivity index (χ0) is 11.7. The van der Waals surface area contributed by atoms with E-state index in [9.17, 15) is 4.79 Å². The number of anilines is 1. The molecule has 1 amide bonds. The van der Waals surface area contributed by atoms with Crippen LogP contribution in [-0.2, 0) is 4.79 Å². The van der Waals surface area contributed by atoms with E-state index in [0.717, 1.165) is 22.3 Å². The van der Waals surface area contributed by atoms with E-state index in [2.05, 4.69) is 22.5 Å². The van der Waals surface area contributed by atoms with Crippen molar-refractivity contribution in [2.45, 2.75) is 13.3 Å². The van der Waals surface area contributed by atoms with Gasteiger partial charge in [-0.05, 0) is 30.7 Å². The van der Waals surface area contributed by atoms with E-state index >= 15 is 0 Å². The predicted molar refractivity (Wildman–Crippen MR) is 69.5 cm³/mol. The summed E-state index contributed by atoms with van der Waals surface area (Å²) in [5.74, 6) is 0.478. The van der Waals surface area contributed by atoms with E-state index in [-0.39, 0.29) is 11.8 Å². The first kappa shape index (κ1) is 11.4. The molecule has 2 rings (SSSR count). The first-order valence-electron chi connectivity index (χ1n) is 5.31. The molecule has 1 aromatic carbocycles. The van der Waals surface area contributed by atoms with Crippen molar-refractivity contribution in [1.82, 2.24) is 0 Å². The summed E-state index contributed by atoms with van der Waals surface area (Å²) in [6.45, 7) is 6.53. The molecule has 0 aromatic heterocycles. The highest BCUT2D eigenvalue weighted by molar-refractivity contribution is 9.10. The lowest BCUT2D eigenvalue weighted by molar-refractivity contribution is -0.117. The average Bonchev–Trinajstić information content (AvgIpc) is 2.60. The summed E-state index contributed by atoms with van der Waals surface area (Å²) in [6, 6.07) is 5.99. The molecule has 0 spiro atoms. The molecule has 1 saturated heterocycles. The van der Waals surface area contributed by atoms with Gasteiger partial charge in [0.05, 0.1) is 0 Å². The Morgan fingerprint density at radius 3 is 2.88 bits per heavy atom. The third-order valence-corrected chi connectivity index (χ3v) is 3.43. The Bertz CT molecular complexity index is 442. The molecule has 1 unspecified atom stereocenters. The van der Waals surface area contributed by atoms with Gasteiger partial charge in [0, 0.05) is 29.0 Å². The van der Waals surface area contributed by atoms with Crippen molar-refractivity contribution in [2.75, 3.05) is 11.4 Å². The van der Waals surface area contributed by atoms with Gasteiger partial charge in [-0.3, -0.25) is 4.79 Å². The SMILES string of the molecule is C=CC1CC(=O)N(c2ccc(Br)cc2C)C1. The Labute approximate surface area is 104 Å². The van der Waals surface area contributed by atoms with E-state index in [1.165, 1.54) is 0 Å². The number of hydrogen-bond acceptors (Lipinski definition) is 1. The van der Waals surface area contributed by atoms with Crippen LogP contribution in [0.2, 0.25) is 0 Å². The van der Waals surface area contributed by atoms with Gasteiger partial charge in [-0.1, -0.05) is 22.0 Å². The van der Waals surface area contributed by atoms with Crippen LogP contribution < -0.4 is 4.90 Å². The Balaban J connectivity index is 2.31. The summed E-state index contributed by atoms with van der Waals surface area (Å²) < 4.78 is 1.04. The molecule has 2 nitrogen and oxygen atoms in total. The number of amides is 1. The molecule has 1 atom stereocenters. The lowest BCUT2D eigenvalue weighted by Gasteiger charge is -2.18. The molecule has 0 bridgehead atoms. The van der Waals surface area contributed by atoms with Gasteiger partial charge >= 0.3 is 0 Å². The average molecular weight is 280 g/mol. The number of nitrogens with zero attached hydrogens (tertiary/aromatic N) is 1. The molecule has 0 saturated carbocycles. The van der Waals surface area contributed by atoms with Gasteiger partial charge in [0.25, 0.3) is 0 Å². The smallest absolute Gasteiger partial charge is 0.227 e. The molecule has 84 valence electrons. The number of rotatable bonds is 2. The minimum atomic E-state index is 0.190.